The first kappa shape index (κ1) is 21.9. The number of carbonyl (C=O) groups is 1. The van der Waals surface area contributed by atoms with E-state index in [9.17, 15) is 18.0 Å². The second-order valence-electron chi connectivity index (χ2n) is 8.73. The number of aromatic nitrogens is 2. The standard InChI is InChI=1S/C23H27N5O4S/c1-15(22(29)24-18-6-8-20-21(14-18)26-23(30)25-20)27-9-11-28(12-10-27)33(31,32)19-7-5-16-3-2-4-17(16)13-19/h5-8,13-15H,2-4,9-12H2,1H3,(H,24,29)(H2,25,26,30)/t15-/m0/s1. The number of nitrogens with one attached hydrogen (secondary N) is 3. The van der Waals surface area contributed by atoms with Crippen molar-refractivity contribution in [2.24, 2.45) is 0 Å². The molecule has 33 heavy (non-hydrogen) atoms. The largest absolute Gasteiger partial charge is 0.325 e. The van der Waals surface area contributed by atoms with Crippen LogP contribution in [0.1, 0.15) is 24.5 Å². The highest BCUT2D eigenvalue weighted by Gasteiger charge is 2.32. The molecule has 2 aromatic carbocycles. The molecule has 1 aliphatic heterocycles. The molecule has 1 aliphatic carbocycles. The molecule has 0 unspecified atom stereocenters. The molecule has 1 saturated heterocycles. The van der Waals surface area contributed by atoms with Gasteiger partial charge in [-0.3, -0.25) is 9.69 Å². The van der Waals surface area contributed by atoms with Crippen molar-refractivity contribution in [3.63, 3.8) is 0 Å². The number of aryl methyl sites for hydroxylation is 2. The number of rotatable bonds is 5. The van der Waals surface area contributed by atoms with Gasteiger partial charge in [0.05, 0.1) is 22.0 Å². The van der Waals surface area contributed by atoms with Crippen molar-refractivity contribution in [3.8, 4) is 0 Å². The number of anilines is 1. The van der Waals surface area contributed by atoms with E-state index in [-0.39, 0.29) is 11.6 Å². The van der Waals surface area contributed by atoms with Crippen molar-refractivity contribution in [1.82, 2.24) is 19.2 Å². The monoisotopic (exact) mass is 469 g/mol. The third kappa shape index (κ3) is 4.21. The fourth-order valence-electron chi connectivity index (χ4n) is 4.71. The lowest BCUT2D eigenvalue weighted by molar-refractivity contribution is -0.121. The number of amides is 1. The van der Waals surface area contributed by atoms with Crippen LogP contribution in [-0.2, 0) is 27.7 Å². The molecule has 2 aliphatic rings. The van der Waals surface area contributed by atoms with E-state index in [1.807, 2.05) is 24.0 Å². The average molecular weight is 470 g/mol. The molecular weight excluding hydrogens is 442 g/mol. The Bertz CT molecular complexity index is 1370. The number of hydrogen-bond acceptors (Lipinski definition) is 5. The molecule has 1 aromatic heterocycles. The van der Waals surface area contributed by atoms with Crippen molar-refractivity contribution in [2.45, 2.75) is 37.1 Å². The number of piperazine rings is 1. The van der Waals surface area contributed by atoms with Crippen LogP contribution in [0.5, 0.6) is 0 Å². The predicted octanol–water partition coefficient (Wildman–Crippen LogP) is 1.68. The highest BCUT2D eigenvalue weighted by molar-refractivity contribution is 7.89. The van der Waals surface area contributed by atoms with Gasteiger partial charge in [-0.05, 0) is 67.6 Å². The zero-order valence-corrected chi connectivity index (χ0v) is 19.2. The van der Waals surface area contributed by atoms with E-state index < -0.39 is 16.1 Å². The maximum Gasteiger partial charge on any atom is 0.323 e. The number of sulfonamides is 1. The zero-order chi connectivity index (χ0) is 23.2. The van der Waals surface area contributed by atoms with E-state index in [0.29, 0.717) is 47.8 Å². The number of nitrogens with zero attached hydrogens (tertiary/aromatic N) is 2. The lowest BCUT2D eigenvalue weighted by Gasteiger charge is -2.36. The third-order valence-corrected chi connectivity index (χ3v) is 8.59. The number of imidazole rings is 1. The van der Waals surface area contributed by atoms with Gasteiger partial charge in [-0.2, -0.15) is 4.31 Å². The molecule has 10 heteroatoms. The number of hydrogen-bond donors (Lipinski definition) is 3. The Hall–Kier alpha value is -2.95. The van der Waals surface area contributed by atoms with Crippen molar-refractivity contribution in [3.05, 3.63) is 58.0 Å². The van der Waals surface area contributed by atoms with Crippen LogP contribution in [0.4, 0.5) is 5.69 Å². The number of aromatic amines is 2. The lowest BCUT2D eigenvalue weighted by atomic mass is 10.1. The first-order chi connectivity index (χ1) is 15.8. The maximum absolute atomic E-state index is 13.1. The summed E-state index contributed by atoms with van der Waals surface area (Å²) in [6.45, 7) is 3.45. The van der Waals surface area contributed by atoms with Crippen LogP contribution in [0.3, 0.4) is 0 Å². The predicted molar refractivity (Wildman–Crippen MR) is 126 cm³/mol. The highest BCUT2D eigenvalue weighted by atomic mass is 32.2. The van der Waals surface area contributed by atoms with Gasteiger partial charge in [0.1, 0.15) is 0 Å². The molecule has 3 aromatic rings. The summed E-state index contributed by atoms with van der Waals surface area (Å²) >= 11 is 0. The van der Waals surface area contributed by atoms with Gasteiger partial charge in [0.15, 0.2) is 0 Å². The summed E-state index contributed by atoms with van der Waals surface area (Å²) in [7, 11) is -3.55. The number of H-pyrrole nitrogens is 2. The molecule has 0 radical (unpaired) electrons. The van der Waals surface area contributed by atoms with Gasteiger partial charge < -0.3 is 15.3 Å². The molecule has 1 fully saturated rings. The Morgan fingerprint density at radius 3 is 2.48 bits per heavy atom. The minimum atomic E-state index is -3.55. The molecule has 0 bridgehead atoms. The Balaban J connectivity index is 1.21. The molecule has 0 saturated carbocycles. The Labute approximate surface area is 191 Å². The fourth-order valence-corrected chi connectivity index (χ4v) is 6.19. The summed E-state index contributed by atoms with van der Waals surface area (Å²) in [4.78, 5) is 31.9. The molecule has 0 spiro atoms. The molecule has 2 heterocycles. The van der Waals surface area contributed by atoms with E-state index in [1.165, 1.54) is 9.87 Å². The number of fused-ring (bicyclic) bond motifs is 2. The van der Waals surface area contributed by atoms with Gasteiger partial charge in [-0.1, -0.05) is 6.07 Å². The van der Waals surface area contributed by atoms with Crippen LogP contribution in [0.2, 0.25) is 0 Å². The van der Waals surface area contributed by atoms with Gasteiger partial charge in [0.2, 0.25) is 15.9 Å². The first-order valence-corrected chi connectivity index (χ1v) is 12.6. The van der Waals surface area contributed by atoms with Gasteiger partial charge in [0.25, 0.3) is 0 Å². The SMILES string of the molecule is C[C@@H](C(=O)Nc1ccc2[nH]c(=O)[nH]c2c1)N1CCN(S(=O)(=O)c2ccc3c(c2)CCC3)CC1. The lowest BCUT2D eigenvalue weighted by Crippen LogP contribution is -2.53. The van der Waals surface area contributed by atoms with Crippen LogP contribution in [0.25, 0.3) is 11.0 Å². The molecule has 174 valence electrons. The van der Waals surface area contributed by atoms with Crippen molar-refractivity contribution in [1.29, 1.82) is 0 Å². The van der Waals surface area contributed by atoms with Crippen molar-refractivity contribution in [2.75, 3.05) is 31.5 Å². The highest BCUT2D eigenvalue weighted by Crippen LogP contribution is 2.27. The summed E-state index contributed by atoms with van der Waals surface area (Å²) < 4.78 is 27.8. The number of carbonyl (C=O) groups excluding carboxylic acids is 1. The quantitative estimate of drug-likeness (QED) is 0.525. The Morgan fingerprint density at radius 2 is 1.70 bits per heavy atom. The van der Waals surface area contributed by atoms with Crippen LogP contribution < -0.4 is 11.0 Å². The summed E-state index contributed by atoms with van der Waals surface area (Å²) in [5.74, 6) is -0.179. The first-order valence-electron chi connectivity index (χ1n) is 11.2. The zero-order valence-electron chi connectivity index (χ0n) is 18.4. The van der Waals surface area contributed by atoms with Crippen LogP contribution in [0.15, 0.2) is 46.1 Å². The van der Waals surface area contributed by atoms with Gasteiger partial charge in [-0.25, -0.2) is 13.2 Å². The second-order valence-corrected chi connectivity index (χ2v) is 10.7. The minimum absolute atomic E-state index is 0.179. The van der Waals surface area contributed by atoms with Crippen molar-refractivity contribution >= 4 is 32.7 Å². The van der Waals surface area contributed by atoms with Crippen LogP contribution >= 0.6 is 0 Å². The van der Waals surface area contributed by atoms with Gasteiger partial charge in [0, 0.05) is 31.9 Å². The third-order valence-electron chi connectivity index (χ3n) is 6.69. The average Bonchev–Trinajstić information content (AvgIpc) is 3.43. The Kier molecular flexibility index (Phi) is 5.59. The summed E-state index contributed by atoms with van der Waals surface area (Å²) in [5.41, 5.74) is 3.98. The molecule has 3 N–H and O–H groups in total. The normalized spacial score (nSPS) is 18.3. The van der Waals surface area contributed by atoms with E-state index in [0.717, 1.165) is 24.8 Å². The molecule has 5 rings (SSSR count). The van der Waals surface area contributed by atoms with E-state index >= 15 is 0 Å². The van der Waals surface area contributed by atoms with Gasteiger partial charge >= 0.3 is 5.69 Å². The molecule has 9 nitrogen and oxygen atoms in total. The molecule has 1 amide bonds. The van der Waals surface area contributed by atoms with Crippen LogP contribution in [0, 0.1) is 0 Å². The number of benzene rings is 2. The van der Waals surface area contributed by atoms with Crippen LogP contribution in [-0.4, -0.2) is 65.7 Å². The van der Waals surface area contributed by atoms with E-state index in [1.54, 1.807) is 24.3 Å². The maximum atomic E-state index is 13.1. The topological polar surface area (TPSA) is 118 Å². The van der Waals surface area contributed by atoms with E-state index in [4.69, 9.17) is 0 Å². The summed E-state index contributed by atoms with van der Waals surface area (Å²) in [6, 6.07) is 10.2. The smallest absolute Gasteiger partial charge is 0.323 e. The molecular formula is C23H27N5O4S. The summed E-state index contributed by atoms with van der Waals surface area (Å²) in [5, 5.41) is 2.88. The minimum Gasteiger partial charge on any atom is -0.325 e. The Morgan fingerprint density at radius 1 is 0.970 bits per heavy atom. The molecule has 1 atom stereocenters. The second kappa shape index (κ2) is 8.44. The van der Waals surface area contributed by atoms with E-state index in [2.05, 4.69) is 15.3 Å². The van der Waals surface area contributed by atoms with Crippen molar-refractivity contribution < 1.29 is 13.2 Å². The summed E-state index contributed by atoms with van der Waals surface area (Å²) in [6.07, 6.45) is 3.03. The fraction of sp³-hybridized carbons (Fsp3) is 0.391. The van der Waals surface area contributed by atoms with Gasteiger partial charge in [-0.15, -0.1) is 0 Å².